The number of hydrogen-bond acceptors (Lipinski definition) is 5. The summed E-state index contributed by atoms with van der Waals surface area (Å²) in [7, 11) is 0. The van der Waals surface area contributed by atoms with E-state index in [0.29, 0.717) is 27.7 Å². The number of nitrogens with zero attached hydrogens (tertiary/aromatic N) is 2. The molecule has 1 aromatic carbocycles. The summed E-state index contributed by atoms with van der Waals surface area (Å²) in [6, 6.07) is 4.33. The predicted octanol–water partition coefficient (Wildman–Crippen LogP) is 2.67. The highest BCUT2D eigenvalue weighted by Crippen LogP contribution is 2.27. The van der Waals surface area contributed by atoms with Crippen LogP contribution in [0.1, 0.15) is 34.4 Å². The minimum Gasteiger partial charge on any atom is -0.475 e. The lowest BCUT2D eigenvalue weighted by Gasteiger charge is -2.17. The molecule has 0 aliphatic carbocycles. The van der Waals surface area contributed by atoms with Crippen molar-refractivity contribution in [2.75, 3.05) is 5.32 Å². The summed E-state index contributed by atoms with van der Waals surface area (Å²) in [5, 5.41) is 13.0. The molecule has 0 bridgehead atoms. The number of aromatic carboxylic acids is 1. The van der Waals surface area contributed by atoms with Crippen LogP contribution in [-0.2, 0) is 11.2 Å². The van der Waals surface area contributed by atoms with Crippen LogP contribution in [0.4, 0.5) is 5.82 Å². The van der Waals surface area contributed by atoms with Crippen LogP contribution in [0.5, 0.6) is 0 Å². The Morgan fingerprint density at radius 1 is 1.32 bits per heavy atom. The van der Waals surface area contributed by atoms with Gasteiger partial charge in [0.25, 0.3) is 0 Å². The lowest BCUT2D eigenvalue weighted by molar-refractivity contribution is -0.118. The average Bonchev–Trinajstić information content (AvgIpc) is 2.51. The van der Waals surface area contributed by atoms with Crippen LogP contribution in [0.25, 0.3) is 0 Å². The number of rotatable bonds is 6. The molecule has 0 saturated carbocycles. The Hall–Kier alpha value is -2.38. The first-order chi connectivity index (χ1) is 11.7. The number of aromatic nitrogens is 2. The summed E-state index contributed by atoms with van der Waals surface area (Å²) in [6.45, 7) is 3.21. The van der Waals surface area contributed by atoms with E-state index in [-0.39, 0.29) is 11.6 Å². The number of aryl methyl sites for hydroxylation is 1. The van der Waals surface area contributed by atoms with Crippen molar-refractivity contribution in [2.45, 2.75) is 26.3 Å². The van der Waals surface area contributed by atoms with Crippen LogP contribution >= 0.6 is 23.2 Å². The van der Waals surface area contributed by atoms with E-state index in [9.17, 15) is 9.59 Å². The molecule has 4 N–H and O–H groups in total. The third-order valence-electron chi connectivity index (χ3n) is 3.57. The first-order valence-electron chi connectivity index (χ1n) is 7.29. The maximum absolute atomic E-state index is 11.3. The first kappa shape index (κ1) is 19.0. The summed E-state index contributed by atoms with van der Waals surface area (Å²) in [6.07, 6.45) is 0.329. The number of benzene rings is 1. The van der Waals surface area contributed by atoms with Gasteiger partial charge >= 0.3 is 5.97 Å². The smallest absolute Gasteiger partial charge is 0.374 e. The predicted molar refractivity (Wildman–Crippen MR) is 95.3 cm³/mol. The third-order valence-corrected chi connectivity index (χ3v) is 4.15. The minimum absolute atomic E-state index is 0.224. The molecule has 2 aromatic rings. The molecular weight excluding hydrogens is 367 g/mol. The molecule has 1 aromatic heterocycles. The number of carboxylic acid groups (broad SMARTS) is 1. The van der Waals surface area contributed by atoms with Crippen molar-refractivity contribution < 1.29 is 14.7 Å². The summed E-state index contributed by atoms with van der Waals surface area (Å²) >= 11 is 12.1. The van der Waals surface area contributed by atoms with Crippen LogP contribution < -0.4 is 11.1 Å². The highest BCUT2D eigenvalue weighted by atomic mass is 35.5. The number of halogens is 2. The highest BCUT2D eigenvalue weighted by Gasteiger charge is 2.19. The number of carbonyl (C=O) groups is 2. The lowest BCUT2D eigenvalue weighted by atomic mass is 10.0. The first-order valence-corrected chi connectivity index (χ1v) is 8.05. The fourth-order valence-electron chi connectivity index (χ4n) is 2.15. The van der Waals surface area contributed by atoms with Crippen molar-refractivity contribution in [3.05, 3.63) is 50.9 Å². The Morgan fingerprint density at radius 2 is 2.00 bits per heavy atom. The largest absolute Gasteiger partial charge is 0.475 e. The van der Waals surface area contributed by atoms with E-state index >= 15 is 0 Å². The molecule has 7 nitrogen and oxygen atoms in total. The molecule has 0 spiro atoms. The maximum atomic E-state index is 11.3. The number of anilines is 1. The molecule has 0 aliphatic rings. The maximum Gasteiger partial charge on any atom is 0.374 e. The van der Waals surface area contributed by atoms with Crippen molar-refractivity contribution in [2.24, 2.45) is 5.73 Å². The van der Waals surface area contributed by atoms with Gasteiger partial charge in [0.2, 0.25) is 11.7 Å². The van der Waals surface area contributed by atoms with Crippen molar-refractivity contribution >= 4 is 40.9 Å². The van der Waals surface area contributed by atoms with E-state index in [0.717, 1.165) is 5.56 Å². The second-order valence-corrected chi connectivity index (χ2v) is 6.29. The molecular formula is C16H16Cl2N4O3. The Bertz CT molecular complexity index is 842. The molecule has 25 heavy (non-hydrogen) atoms. The standard InChI is InChI=1S/C16H16Cl2N4O3/c1-7-11(5-9-3-4-10(17)6-12(9)18)14(21-8(2)13(19)23)22-15(20-7)16(24)25/h3-4,6,8H,5H2,1-2H3,(H2,19,23)(H,24,25)(H,20,21,22)/t8-/m0/s1. The molecule has 0 saturated heterocycles. The van der Waals surface area contributed by atoms with E-state index in [2.05, 4.69) is 15.3 Å². The average molecular weight is 383 g/mol. The zero-order chi connectivity index (χ0) is 18.7. The topological polar surface area (TPSA) is 118 Å². The zero-order valence-electron chi connectivity index (χ0n) is 13.5. The minimum atomic E-state index is -1.27. The van der Waals surface area contributed by atoms with Gasteiger partial charge < -0.3 is 16.2 Å². The van der Waals surface area contributed by atoms with Gasteiger partial charge in [-0.3, -0.25) is 4.79 Å². The van der Waals surface area contributed by atoms with Crippen LogP contribution in [0.2, 0.25) is 10.0 Å². The molecule has 132 valence electrons. The quantitative estimate of drug-likeness (QED) is 0.706. The van der Waals surface area contributed by atoms with Crippen LogP contribution in [0.3, 0.4) is 0 Å². The van der Waals surface area contributed by atoms with Crippen molar-refractivity contribution in [3.63, 3.8) is 0 Å². The van der Waals surface area contributed by atoms with Gasteiger partial charge in [0.15, 0.2) is 0 Å². The summed E-state index contributed by atoms with van der Waals surface area (Å²) in [5.74, 6) is -2.01. The monoisotopic (exact) mass is 382 g/mol. The number of nitrogens with one attached hydrogen (secondary N) is 1. The fourth-order valence-corrected chi connectivity index (χ4v) is 2.63. The second kappa shape index (κ2) is 7.67. The van der Waals surface area contributed by atoms with Crippen LogP contribution in [-0.4, -0.2) is 33.0 Å². The number of carbonyl (C=O) groups excluding carboxylic acids is 1. The van der Waals surface area contributed by atoms with E-state index in [4.69, 9.17) is 34.0 Å². The zero-order valence-corrected chi connectivity index (χ0v) is 15.0. The van der Waals surface area contributed by atoms with Gasteiger partial charge in [-0.2, -0.15) is 0 Å². The van der Waals surface area contributed by atoms with Crippen molar-refractivity contribution in [1.82, 2.24) is 9.97 Å². The Kier molecular flexibility index (Phi) is 5.81. The molecule has 1 heterocycles. The van der Waals surface area contributed by atoms with E-state index in [1.54, 1.807) is 32.0 Å². The number of hydrogen-bond donors (Lipinski definition) is 3. The van der Waals surface area contributed by atoms with Gasteiger partial charge in [-0.25, -0.2) is 14.8 Å². The number of carboxylic acids is 1. The number of amides is 1. The number of nitrogens with two attached hydrogens (primary N) is 1. The highest BCUT2D eigenvalue weighted by molar-refractivity contribution is 6.35. The molecule has 2 rings (SSSR count). The van der Waals surface area contributed by atoms with E-state index < -0.39 is 17.9 Å². The van der Waals surface area contributed by atoms with E-state index in [1.807, 2.05) is 0 Å². The Balaban J connectivity index is 2.50. The van der Waals surface area contributed by atoms with Gasteiger partial charge in [-0.15, -0.1) is 0 Å². The molecule has 1 amide bonds. The third kappa shape index (κ3) is 4.58. The second-order valence-electron chi connectivity index (χ2n) is 5.45. The van der Waals surface area contributed by atoms with Gasteiger partial charge in [0, 0.05) is 27.7 Å². The Labute approximate surface area is 154 Å². The normalized spacial score (nSPS) is 11.8. The van der Waals surface area contributed by atoms with E-state index in [1.165, 1.54) is 0 Å². The fraction of sp³-hybridized carbons (Fsp3) is 0.250. The molecule has 0 fully saturated rings. The van der Waals surface area contributed by atoms with Crippen LogP contribution in [0, 0.1) is 6.92 Å². The number of primary amides is 1. The molecule has 1 atom stereocenters. The van der Waals surface area contributed by atoms with Crippen molar-refractivity contribution in [3.8, 4) is 0 Å². The summed E-state index contributed by atoms with van der Waals surface area (Å²) in [4.78, 5) is 30.5. The summed E-state index contributed by atoms with van der Waals surface area (Å²) < 4.78 is 0. The van der Waals surface area contributed by atoms with Gasteiger partial charge in [0.05, 0.1) is 0 Å². The molecule has 0 unspecified atom stereocenters. The Morgan fingerprint density at radius 3 is 2.56 bits per heavy atom. The van der Waals surface area contributed by atoms with Crippen molar-refractivity contribution in [1.29, 1.82) is 0 Å². The van der Waals surface area contributed by atoms with Gasteiger partial charge in [-0.05, 0) is 31.5 Å². The van der Waals surface area contributed by atoms with Gasteiger partial charge in [0.1, 0.15) is 11.9 Å². The molecule has 9 heteroatoms. The lowest BCUT2D eigenvalue weighted by Crippen LogP contribution is -2.33. The summed E-state index contributed by atoms with van der Waals surface area (Å²) in [5.41, 5.74) is 7.10. The molecule has 0 aliphatic heterocycles. The van der Waals surface area contributed by atoms with Gasteiger partial charge in [-0.1, -0.05) is 29.3 Å². The SMILES string of the molecule is Cc1nc(C(=O)O)nc(N[C@@H](C)C(N)=O)c1Cc1ccc(Cl)cc1Cl. The van der Waals surface area contributed by atoms with Crippen LogP contribution in [0.15, 0.2) is 18.2 Å². The molecule has 0 radical (unpaired) electrons.